The molecule has 1 heterocycles. The van der Waals surface area contributed by atoms with Gasteiger partial charge >= 0.3 is 5.95 Å². The Balaban J connectivity index is 2.12. The van der Waals surface area contributed by atoms with Crippen molar-refractivity contribution in [1.82, 2.24) is 4.98 Å². The summed E-state index contributed by atoms with van der Waals surface area (Å²) in [5.41, 5.74) is 1.77. The largest absolute Gasteiger partial charge is 0.466 e. The van der Waals surface area contributed by atoms with E-state index in [2.05, 4.69) is 4.98 Å². The number of oxazole rings is 1. The van der Waals surface area contributed by atoms with Gasteiger partial charge in [-0.05, 0) is 31.2 Å². The van der Waals surface area contributed by atoms with Crippen LogP contribution in [0.25, 0.3) is 11.5 Å². The first kappa shape index (κ1) is 15.3. The molecule has 1 aromatic heterocycles. The quantitative estimate of drug-likeness (QED) is 0.733. The Morgan fingerprint density at radius 3 is 2.26 bits per heavy atom. The monoisotopic (exact) mass is 329 g/mol. The topological polar surface area (TPSA) is 69.4 Å². The molecule has 0 saturated heterocycles. The van der Waals surface area contributed by atoms with Crippen LogP contribution in [0.5, 0.6) is 5.95 Å². The van der Waals surface area contributed by atoms with Crippen molar-refractivity contribution >= 4 is 9.84 Å². The number of rotatable bonds is 4. The fourth-order valence-corrected chi connectivity index (χ4v) is 3.41. The van der Waals surface area contributed by atoms with Gasteiger partial charge in [-0.25, -0.2) is 8.42 Å². The average molecular weight is 329 g/mol. The van der Waals surface area contributed by atoms with Crippen molar-refractivity contribution in [2.45, 2.75) is 16.8 Å². The lowest BCUT2D eigenvalue weighted by Crippen LogP contribution is -2.04. The van der Waals surface area contributed by atoms with Crippen molar-refractivity contribution in [1.29, 1.82) is 0 Å². The summed E-state index contributed by atoms with van der Waals surface area (Å²) in [6, 6.07) is 15.5. The van der Waals surface area contributed by atoms with E-state index in [0.29, 0.717) is 5.56 Å². The molecular formula is C17H15NO4S. The molecule has 3 aromatic rings. The van der Waals surface area contributed by atoms with Crippen LogP contribution in [0.3, 0.4) is 0 Å². The molecule has 0 saturated carbocycles. The van der Waals surface area contributed by atoms with Crippen LogP contribution < -0.4 is 4.74 Å². The highest BCUT2D eigenvalue weighted by molar-refractivity contribution is 7.91. The Morgan fingerprint density at radius 2 is 1.65 bits per heavy atom. The van der Waals surface area contributed by atoms with E-state index in [0.717, 1.165) is 5.56 Å². The van der Waals surface area contributed by atoms with Crippen molar-refractivity contribution in [3.8, 4) is 17.4 Å². The highest BCUT2D eigenvalue weighted by Gasteiger charge is 2.29. The Kier molecular flexibility index (Phi) is 3.92. The Bertz CT molecular complexity index is 913. The van der Waals surface area contributed by atoms with E-state index < -0.39 is 9.84 Å². The van der Waals surface area contributed by atoms with Gasteiger partial charge in [-0.15, -0.1) is 0 Å². The predicted octanol–water partition coefficient (Wildman–Crippen LogP) is 3.49. The van der Waals surface area contributed by atoms with Gasteiger partial charge in [0.05, 0.1) is 12.0 Å². The lowest BCUT2D eigenvalue weighted by atomic mass is 10.1. The summed E-state index contributed by atoms with van der Waals surface area (Å²) in [4.78, 5) is 4.29. The van der Waals surface area contributed by atoms with Gasteiger partial charge in [0.2, 0.25) is 20.8 Å². The lowest BCUT2D eigenvalue weighted by molar-refractivity contribution is 0.298. The van der Waals surface area contributed by atoms with E-state index in [-0.39, 0.29) is 21.8 Å². The third kappa shape index (κ3) is 2.85. The van der Waals surface area contributed by atoms with Gasteiger partial charge in [-0.1, -0.05) is 35.9 Å². The molecule has 118 valence electrons. The predicted molar refractivity (Wildman–Crippen MR) is 85.1 cm³/mol. The average Bonchev–Trinajstić information content (AvgIpc) is 3.01. The second kappa shape index (κ2) is 5.89. The van der Waals surface area contributed by atoms with Crippen molar-refractivity contribution in [2.24, 2.45) is 0 Å². The van der Waals surface area contributed by atoms with Crippen molar-refractivity contribution in [3.63, 3.8) is 0 Å². The molecule has 0 aliphatic rings. The molecule has 6 heteroatoms. The van der Waals surface area contributed by atoms with Crippen LogP contribution in [0.1, 0.15) is 5.56 Å². The number of ether oxygens (including phenoxy) is 1. The van der Waals surface area contributed by atoms with Crippen LogP contribution in [-0.2, 0) is 9.84 Å². The minimum absolute atomic E-state index is 0.121. The smallest absolute Gasteiger partial charge is 0.325 e. The summed E-state index contributed by atoms with van der Waals surface area (Å²) in [6.07, 6.45) is 0. The highest BCUT2D eigenvalue weighted by atomic mass is 32.2. The minimum Gasteiger partial charge on any atom is -0.466 e. The molecule has 5 nitrogen and oxygen atoms in total. The Labute approximate surface area is 134 Å². The van der Waals surface area contributed by atoms with E-state index in [1.165, 1.54) is 19.2 Å². The molecule has 0 amide bonds. The standard InChI is InChI=1S/C17H15NO4S/c1-12-8-10-13(11-9-12)15-18-16(17(21-2)22-15)23(19,20)14-6-4-3-5-7-14/h3-11H,1-2H3. The van der Waals surface area contributed by atoms with E-state index in [4.69, 9.17) is 9.15 Å². The lowest BCUT2D eigenvalue weighted by Gasteiger charge is -2.01. The van der Waals surface area contributed by atoms with Crippen LogP contribution in [-0.4, -0.2) is 20.5 Å². The minimum atomic E-state index is -3.81. The van der Waals surface area contributed by atoms with Gasteiger partial charge in [0.15, 0.2) is 0 Å². The van der Waals surface area contributed by atoms with Gasteiger partial charge in [-0.3, -0.25) is 0 Å². The molecule has 0 spiro atoms. The summed E-state index contributed by atoms with van der Waals surface area (Å²) >= 11 is 0. The van der Waals surface area contributed by atoms with Gasteiger partial charge in [-0.2, -0.15) is 4.98 Å². The zero-order chi connectivity index (χ0) is 16.4. The first-order valence-corrected chi connectivity index (χ1v) is 8.42. The van der Waals surface area contributed by atoms with E-state index in [9.17, 15) is 8.42 Å². The summed E-state index contributed by atoms with van der Waals surface area (Å²) in [7, 11) is -2.46. The maximum Gasteiger partial charge on any atom is 0.325 e. The van der Waals surface area contributed by atoms with E-state index in [1.807, 2.05) is 31.2 Å². The maximum atomic E-state index is 12.7. The molecule has 0 bridgehead atoms. The molecule has 0 N–H and O–H groups in total. The fraction of sp³-hybridized carbons (Fsp3) is 0.118. The van der Waals surface area contributed by atoms with Crippen LogP contribution in [0, 0.1) is 6.92 Å². The zero-order valence-electron chi connectivity index (χ0n) is 12.7. The van der Waals surface area contributed by atoms with Gasteiger partial charge < -0.3 is 9.15 Å². The summed E-state index contributed by atoms with van der Waals surface area (Å²) in [5, 5.41) is -0.221. The highest BCUT2D eigenvalue weighted by Crippen LogP contribution is 2.33. The van der Waals surface area contributed by atoms with Crippen LogP contribution in [0.2, 0.25) is 0 Å². The third-order valence-electron chi connectivity index (χ3n) is 3.36. The van der Waals surface area contributed by atoms with Crippen LogP contribution in [0.4, 0.5) is 0 Å². The number of methoxy groups -OCH3 is 1. The van der Waals surface area contributed by atoms with Crippen LogP contribution >= 0.6 is 0 Å². The number of hydrogen-bond acceptors (Lipinski definition) is 5. The van der Waals surface area contributed by atoms with Crippen molar-refractivity contribution in [3.05, 3.63) is 60.2 Å². The first-order chi connectivity index (χ1) is 11.0. The summed E-state index contributed by atoms with van der Waals surface area (Å²) < 4.78 is 36.0. The van der Waals surface area contributed by atoms with Crippen molar-refractivity contribution < 1.29 is 17.6 Å². The van der Waals surface area contributed by atoms with Crippen LogP contribution in [0.15, 0.2) is 68.9 Å². The molecule has 0 aliphatic carbocycles. The molecule has 3 rings (SSSR count). The summed E-state index contributed by atoms with van der Waals surface area (Å²) in [5.74, 6) is 0.0841. The normalized spacial score (nSPS) is 11.4. The number of nitrogens with zero attached hydrogens (tertiary/aromatic N) is 1. The first-order valence-electron chi connectivity index (χ1n) is 6.94. The molecule has 0 unspecified atom stereocenters. The number of benzene rings is 2. The molecule has 23 heavy (non-hydrogen) atoms. The molecule has 2 aromatic carbocycles. The number of hydrogen-bond donors (Lipinski definition) is 0. The number of aromatic nitrogens is 1. The third-order valence-corrected chi connectivity index (χ3v) is 5.02. The SMILES string of the molecule is COc1oc(-c2ccc(C)cc2)nc1S(=O)(=O)c1ccccc1. The second-order valence-electron chi connectivity index (χ2n) is 5.00. The summed E-state index contributed by atoms with van der Waals surface area (Å²) in [6.45, 7) is 1.96. The molecule has 0 aliphatic heterocycles. The van der Waals surface area contributed by atoms with Crippen molar-refractivity contribution in [2.75, 3.05) is 7.11 Å². The molecule has 0 atom stereocenters. The fourth-order valence-electron chi connectivity index (χ4n) is 2.12. The zero-order valence-corrected chi connectivity index (χ0v) is 13.5. The maximum absolute atomic E-state index is 12.7. The number of sulfone groups is 1. The Hall–Kier alpha value is -2.60. The Morgan fingerprint density at radius 1 is 1.00 bits per heavy atom. The molecular weight excluding hydrogens is 314 g/mol. The van der Waals surface area contributed by atoms with Gasteiger partial charge in [0, 0.05) is 5.56 Å². The second-order valence-corrected chi connectivity index (χ2v) is 6.86. The van der Waals surface area contributed by atoms with E-state index >= 15 is 0 Å². The molecule has 0 fully saturated rings. The molecule has 0 radical (unpaired) electrons. The van der Waals surface area contributed by atoms with E-state index in [1.54, 1.807) is 18.2 Å². The van der Waals surface area contributed by atoms with Gasteiger partial charge in [0.25, 0.3) is 0 Å². The van der Waals surface area contributed by atoms with Gasteiger partial charge in [0.1, 0.15) is 0 Å². The number of aryl methyl sites for hydroxylation is 1.